The zero-order valence-corrected chi connectivity index (χ0v) is 18.2. The second-order valence-electron chi connectivity index (χ2n) is 8.36. The SMILES string of the molecule is CN(C1CCCCC1)S(=O)(=O)c1cccc(C(=O)N(Cc2ccncc2)C2CC2)c1. The maximum atomic E-state index is 13.3. The molecule has 30 heavy (non-hydrogen) atoms. The lowest BCUT2D eigenvalue weighted by Gasteiger charge is -2.30. The van der Waals surface area contributed by atoms with Gasteiger partial charge in [-0.05, 0) is 61.6 Å². The third-order valence-corrected chi connectivity index (χ3v) is 8.10. The number of pyridine rings is 1. The molecule has 6 nitrogen and oxygen atoms in total. The summed E-state index contributed by atoms with van der Waals surface area (Å²) in [6, 6.07) is 10.6. The number of rotatable bonds is 7. The van der Waals surface area contributed by atoms with Crippen molar-refractivity contribution in [2.24, 2.45) is 0 Å². The summed E-state index contributed by atoms with van der Waals surface area (Å²) >= 11 is 0. The smallest absolute Gasteiger partial charge is 0.254 e. The van der Waals surface area contributed by atoms with Gasteiger partial charge in [-0.2, -0.15) is 4.31 Å². The van der Waals surface area contributed by atoms with Crippen LogP contribution in [0.2, 0.25) is 0 Å². The summed E-state index contributed by atoms with van der Waals surface area (Å²) in [7, 11) is -1.96. The van der Waals surface area contributed by atoms with Crippen LogP contribution in [0.4, 0.5) is 0 Å². The van der Waals surface area contributed by atoms with Crippen LogP contribution in [0.1, 0.15) is 60.9 Å². The first-order valence-electron chi connectivity index (χ1n) is 10.7. The maximum Gasteiger partial charge on any atom is 0.254 e. The maximum absolute atomic E-state index is 13.3. The van der Waals surface area contributed by atoms with Crippen molar-refractivity contribution in [3.05, 3.63) is 59.9 Å². The first-order chi connectivity index (χ1) is 14.5. The molecule has 1 aromatic heterocycles. The Balaban J connectivity index is 1.56. The van der Waals surface area contributed by atoms with Crippen molar-refractivity contribution < 1.29 is 13.2 Å². The van der Waals surface area contributed by atoms with Crippen molar-refractivity contribution in [1.29, 1.82) is 0 Å². The van der Waals surface area contributed by atoms with Gasteiger partial charge in [-0.1, -0.05) is 25.3 Å². The van der Waals surface area contributed by atoms with Crippen molar-refractivity contribution in [3.63, 3.8) is 0 Å². The van der Waals surface area contributed by atoms with Gasteiger partial charge in [0.15, 0.2) is 0 Å². The summed E-state index contributed by atoms with van der Waals surface area (Å²) in [4.78, 5) is 19.4. The van der Waals surface area contributed by atoms with E-state index in [0.29, 0.717) is 12.1 Å². The lowest BCUT2D eigenvalue weighted by atomic mass is 9.96. The molecule has 0 N–H and O–H groups in total. The van der Waals surface area contributed by atoms with Gasteiger partial charge in [0.25, 0.3) is 5.91 Å². The summed E-state index contributed by atoms with van der Waals surface area (Å²) in [6.07, 6.45) is 10.5. The molecule has 2 aliphatic rings. The standard InChI is InChI=1S/C23H29N3O3S/c1-25(20-7-3-2-4-8-20)30(28,29)22-9-5-6-19(16-22)23(27)26(21-10-11-21)17-18-12-14-24-15-13-18/h5-6,9,12-16,20-21H,2-4,7-8,10-11,17H2,1H3. The fourth-order valence-electron chi connectivity index (χ4n) is 4.20. The predicted octanol–water partition coefficient (Wildman–Crippen LogP) is 3.84. The fourth-order valence-corrected chi connectivity index (χ4v) is 5.66. The van der Waals surface area contributed by atoms with E-state index in [1.807, 2.05) is 17.0 Å². The number of carbonyl (C=O) groups is 1. The predicted molar refractivity (Wildman–Crippen MR) is 115 cm³/mol. The Labute approximate surface area is 179 Å². The zero-order chi connectivity index (χ0) is 21.1. The zero-order valence-electron chi connectivity index (χ0n) is 17.4. The van der Waals surface area contributed by atoms with E-state index in [2.05, 4.69) is 4.98 Å². The molecule has 0 saturated heterocycles. The Hall–Kier alpha value is -2.25. The molecule has 2 aliphatic carbocycles. The topological polar surface area (TPSA) is 70.6 Å². The highest BCUT2D eigenvalue weighted by atomic mass is 32.2. The van der Waals surface area contributed by atoms with E-state index in [9.17, 15) is 13.2 Å². The van der Waals surface area contributed by atoms with Crippen molar-refractivity contribution in [2.45, 2.75) is 68.5 Å². The highest BCUT2D eigenvalue weighted by Gasteiger charge is 2.34. The molecule has 2 fully saturated rings. The molecule has 2 aromatic rings. The van der Waals surface area contributed by atoms with Crippen LogP contribution < -0.4 is 0 Å². The molecule has 1 aromatic carbocycles. The Kier molecular flexibility index (Phi) is 6.20. The van der Waals surface area contributed by atoms with Gasteiger partial charge in [0.05, 0.1) is 4.90 Å². The van der Waals surface area contributed by atoms with Gasteiger partial charge in [-0.25, -0.2) is 8.42 Å². The van der Waals surface area contributed by atoms with Gasteiger partial charge in [0, 0.05) is 43.6 Å². The van der Waals surface area contributed by atoms with Crippen LogP contribution in [0.25, 0.3) is 0 Å². The minimum absolute atomic E-state index is 0.0396. The molecule has 0 spiro atoms. The summed E-state index contributed by atoms with van der Waals surface area (Å²) in [6.45, 7) is 0.505. The Morgan fingerprint density at radius 2 is 1.70 bits per heavy atom. The largest absolute Gasteiger partial charge is 0.331 e. The average Bonchev–Trinajstić information content (AvgIpc) is 3.63. The number of hydrogen-bond donors (Lipinski definition) is 0. The molecule has 0 aliphatic heterocycles. The summed E-state index contributed by atoms with van der Waals surface area (Å²) < 4.78 is 27.9. The van der Waals surface area contributed by atoms with Crippen LogP contribution in [0.3, 0.4) is 0 Å². The number of hydrogen-bond acceptors (Lipinski definition) is 4. The Bertz CT molecular complexity index is 984. The highest BCUT2D eigenvalue weighted by molar-refractivity contribution is 7.89. The van der Waals surface area contributed by atoms with E-state index in [1.165, 1.54) is 10.7 Å². The molecule has 1 amide bonds. The minimum atomic E-state index is -3.63. The van der Waals surface area contributed by atoms with Gasteiger partial charge >= 0.3 is 0 Å². The van der Waals surface area contributed by atoms with Crippen LogP contribution >= 0.6 is 0 Å². The summed E-state index contributed by atoms with van der Waals surface area (Å²) in [5, 5.41) is 0. The molecule has 160 valence electrons. The van der Waals surface area contributed by atoms with Gasteiger partial charge in [0.2, 0.25) is 10.0 Å². The molecule has 1 heterocycles. The van der Waals surface area contributed by atoms with E-state index in [1.54, 1.807) is 43.7 Å². The van der Waals surface area contributed by atoms with Crippen molar-refractivity contribution in [3.8, 4) is 0 Å². The molecular weight excluding hydrogens is 398 g/mol. The lowest BCUT2D eigenvalue weighted by Crippen LogP contribution is -2.38. The second kappa shape index (κ2) is 8.86. The average molecular weight is 428 g/mol. The van der Waals surface area contributed by atoms with Crippen molar-refractivity contribution in [1.82, 2.24) is 14.2 Å². The number of benzene rings is 1. The lowest BCUT2D eigenvalue weighted by molar-refractivity contribution is 0.0729. The van der Waals surface area contributed by atoms with Crippen molar-refractivity contribution in [2.75, 3.05) is 7.05 Å². The number of amides is 1. The van der Waals surface area contributed by atoms with Crippen LogP contribution in [0.5, 0.6) is 0 Å². The van der Waals surface area contributed by atoms with Gasteiger partial charge < -0.3 is 4.90 Å². The van der Waals surface area contributed by atoms with Crippen LogP contribution in [-0.2, 0) is 16.6 Å². The summed E-state index contributed by atoms with van der Waals surface area (Å²) in [5.41, 5.74) is 1.44. The first kappa shape index (κ1) is 21.0. The second-order valence-corrected chi connectivity index (χ2v) is 10.4. The fraction of sp³-hybridized carbons (Fsp3) is 0.478. The normalized spacial score (nSPS) is 17.8. The van der Waals surface area contributed by atoms with E-state index < -0.39 is 10.0 Å². The Morgan fingerprint density at radius 1 is 1.00 bits per heavy atom. The number of carbonyl (C=O) groups excluding carboxylic acids is 1. The van der Waals surface area contributed by atoms with E-state index in [4.69, 9.17) is 0 Å². The van der Waals surface area contributed by atoms with Crippen molar-refractivity contribution >= 4 is 15.9 Å². The van der Waals surface area contributed by atoms with Crippen LogP contribution in [0.15, 0.2) is 53.7 Å². The first-order valence-corrected chi connectivity index (χ1v) is 12.2. The molecular formula is C23H29N3O3S. The third kappa shape index (κ3) is 4.57. The van der Waals surface area contributed by atoms with Crippen LogP contribution in [0, 0.1) is 0 Å². The minimum Gasteiger partial charge on any atom is -0.331 e. The van der Waals surface area contributed by atoms with Gasteiger partial charge in [-0.3, -0.25) is 9.78 Å². The third-order valence-electron chi connectivity index (χ3n) is 6.20. The Morgan fingerprint density at radius 3 is 2.37 bits per heavy atom. The van der Waals surface area contributed by atoms with E-state index in [0.717, 1.165) is 44.1 Å². The van der Waals surface area contributed by atoms with Gasteiger partial charge in [0.1, 0.15) is 0 Å². The molecule has 2 saturated carbocycles. The number of nitrogens with zero attached hydrogens (tertiary/aromatic N) is 3. The number of aromatic nitrogens is 1. The molecule has 4 rings (SSSR count). The molecule has 0 unspecified atom stereocenters. The van der Waals surface area contributed by atoms with E-state index >= 15 is 0 Å². The quantitative estimate of drug-likeness (QED) is 0.673. The van der Waals surface area contributed by atoms with Gasteiger partial charge in [-0.15, -0.1) is 0 Å². The highest BCUT2D eigenvalue weighted by Crippen LogP contribution is 2.31. The number of sulfonamides is 1. The molecule has 0 atom stereocenters. The van der Waals surface area contributed by atoms with Crippen LogP contribution in [-0.4, -0.2) is 47.6 Å². The molecule has 0 bridgehead atoms. The monoisotopic (exact) mass is 427 g/mol. The summed E-state index contributed by atoms with van der Waals surface area (Å²) in [5.74, 6) is -0.119. The van der Waals surface area contributed by atoms with E-state index in [-0.39, 0.29) is 22.9 Å². The molecule has 0 radical (unpaired) electrons. The molecule has 7 heteroatoms.